The van der Waals surface area contributed by atoms with Crippen molar-refractivity contribution in [3.63, 3.8) is 0 Å². The van der Waals surface area contributed by atoms with Crippen LogP contribution in [0, 0.1) is 19.8 Å². The van der Waals surface area contributed by atoms with Crippen LogP contribution in [0.2, 0.25) is 5.02 Å². The Morgan fingerprint density at radius 3 is 2.09 bits per heavy atom. The first-order valence-corrected chi connectivity index (χ1v) is 16.8. The molecular formula is C36H40ClN3O4S. The average Bonchev–Trinajstić information content (AvgIpc) is 3.02. The maximum atomic E-state index is 14.6. The summed E-state index contributed by atoms with van der Waals surface area (Å²) < 4.78 is 29.5. The third-order valence-corrected chi connectivity index (χ3v) is 9.67. The van der Waals surface area contributed by atoms with E-state index in [1.54, 1.807) is 67.6 Å². The Balaban J connectivity index is 1.81. The molecule has 45 heavy (non-hydrogen) atoms. The van der Waals surface area contributed by atoms with Gasteiger partial charge in [-0.3, -0.25) is 13.9 Å². The molecule has 4 aromatic rings. The molecule has 0 aliphatic heterocycles. The van der Waals surface area contributed by atoms with Crippen LogP contribution < -0.4 is 9.62 Å². The number of halogens is 1. The molecule has 0 aliphatic carbocycles. The molecule has 1 N–H and O–H groups in total. The lowest BCUT2D eigenvalue weighted by Crippen LogP contribution is -2.53. The molecule has 7 nitrogen and oxygen atoms in total. The Bertz CT molecular complexity index is 1710. The first kappa shape index (κ1) is 33.7. The number of hydrogen-bond acceptors (Lipinski definition) is 4. The summed E-state index contributed by atoms with van der Waals surface area (Å²) in [7, 11) is -4.17. The first-order chi connectivity index (χ1) is 21.5. The quantitative estimate of drug-likeness (QED) is 0.178. The third-order valence-electron chi connectivity index (χ3n) is 7.53. The molecule has 0 fully saturated rings. The largest absolute Gasteiger partial charge is 0.354 e. The summed E-state index contributed by atoms with van der Waals surface area (Å²) in [6, 6.07) is 29.2. The van der Waals surface area contributed by atoms with E-state index < -0.39 is 28.5 Å². The number of nitrogens with zero attached hydrogens (tertiary/aromatic N) is 2. The van der Waals surface area contributed by atoms with E-state index in [0.29, 0.717) is 28.4 Å². The summed E-state index contributed by atoms with van der Waals surface area (Å²) in [5, 5.41) is 3.44. The molecule has 4 aromatic carbocycles. The number of rotatable bonds is 13. The van der Waals surface area contributed by atoms with Crippen LogP contribution in [0.25, 0.3) is 0 Å². The monoisotopic (exact) mass is 645 g/mol. The number of hydrogen-bond donors (Lipinski definition) is 1. The summed E-state index contributed by atoms with van der Waals surface area (Å²) in [4.78, 5) is 29.9. The Morgan fingerprint density at radius 1 is 0.822 bits per heavy atom. The second kappa shape index (κ2) is 15.2. The number of benzene rings is 4. The molecule has 4 rings (SSSR count). The van der Waals surface area contributed by atoms with E-state index in [0.717, 1.165) is 15.4 Å². The molecule has 0 spiro atoms. The lowest BCUT2D eigenvalue weighted by Gasteiger charge is -2.34. The molecule has 0 unspecified atom stereocenters. The van der Waals surface area contributed by atoms with Crippen LogP contribution in [0.1, 0.15) is 36.1 Å². The van der Waals surface area contributed by atoms with Crippen LogP contribution in [-0.4, -0.2) is 44.3 Å². The van der Waals surface area contributed by atoms with Gasteiger partial charge in [-0.15, -0.1) is 0 Å². The van der Waals surface area contributed by atoms with Gasteiger partial charge in [0, 0.05) is 24.5 Å². The first-order valence-electron chi connectivity index (χ1n) is 15.0. The maximum absolute atomic E-state index is 14.6. The van der Waals surface area contributed by atoms with E-state index in [1.807, 2.05) is 63.2 Å². The standard InChI is InChI=1S/C36H40ClN3O4S/c1-26(2)23-38-36(42)34(22-29-13-6-5-7-14-29)39(24-30-15-9-10-16-32(30)37)35(41)25-40(33-17-11-8-12-28(33)4)45(43,44)31-20-18-27(3)19-21-31/h5-21,26,34H,22-25H2,1-4H3,(H,38,42)/t34-/m1/s1. The normalized spacial score (nSPS) is 12.0. The molecule has 236 valence electrons. The van der Waals surface area contributed by atoms with Crippen molar-refractivity contribution in [1.82, 2.24) is 10.2 Å². The summed E-state index contributed by atoms with van der Waals surface area (Å²) in [6.45, 7) is 7.59. The van der Waals surface area contributed by atoms with Crippen molar-refractivity contribution >= 4 is 39.1 Å². The molecule has 0 heterocycles. The number of nitrogens with one attached hydrogen (secondary N) is 1. The second-order valence-electron chi connectivity index (χ2n) is 11.6. The van der Waals surface area contributed by atoms with Gasteiger partial charge in [-0.2, -0.15) is 0 Å². The highest BCUT2D eigenvalue weighted by atomic mass is 35.5. The van der Waals surface area contributed by atoms with E-state index in [9.17, 15) is 18.0 Å². The van der Waals surface area contributed by atoms with Crippen molar-refractivity contribution in [2.45, 2.75) is 51.6 Å². The fourth-order valence-electron chi connectivity index (χ4n) is 4.98. The summed E-state index contributed by atoms with van der Waals surface area (Å²) in [6.07, 6.45) is 0.232. The number of carbonyl (C=O) groups is 2. The van der Waals surface area contributed by atoms with Gasteiger partial charge in [0.25, 0.3) is 10.0 Å². The van der Waals surface area contributed by atoms with Crippen molar-refractivity contribution in [3.05, 3.63) is 130 Å². The zero-order chi connectivity index (χ0) is 32.6. The molecule has 0 saturated carbocycles. The SMILES string of the molecule is Cc1ccc(S(=O)(=O)N(CC(=O)N(Cc2ccccc2Cl)[C@H](Cc2ccccc2)C(=O)NCC(C)C)c2ccccc2C)cc1. The molecular weight excluding hydrogens is 606 g/mol. The zero-order valence-electron chi connectivity index (χ0n) is 26.1. The highest BCUT2D eigenvalue weighted by molar-refractivity contribution is 7.92. The molecule has 0 radical (unpaired) electrons. The predicted octanol–water partition coefficient (Wildman–Crippen LogP) is 6.56. The van der Waals surface area contributed by atoms with Gasteiger partial charge >= 0.3 is 0 Å². The lowest BCUT2D eigenvalue weighted by molar-refractivity contribution is -0.140. The number of aryl methyl sites for hydroxylation is 2. The molecule has 0 aromatic heterocycles. The Hall–Kier alpha value is -4.14. The van der Waals surface area contributed by atoms with Crippen LogP contribution in [-0.2, 0) is 32.6 Å². The van der Waals surface area contributed by atoms with Crippen molar-refractivity contribution in [1.29, 1.82) is 0 Å². The minimum atomic E-state index is -4.17. The molecule has 2 amide bonds. The maximum Gasteiger partial charge on any atom is 0.264 e. The number of sulfonamides is 1. The van der Waals surface area contributed by atoms with Crippen molar-refractivity contribution in [2.24, 2.45) is 5.92 Å². The minimum absolute atomic E-state index is 0.0112. The van der Waals surface area contributed by atoms with Crippen LogP contribution in [0.15, 0.2) is 108 Å². The lowest BCUT2D eigenvalue weighted by atomic mass is 10.0. The number of anilines is 1. The van der Waals surface area contributed by atoms with Crippen LogP contribution >= 0.6 is 11.6 Å². The number of para-hydroxylation sites is 1. The van der Waals surface area contributed by atoms with E-state index >= 15 is 0 Å². The van der Waals surface area contributed by atoms with E-state index in [-0.39, 0.29) is 29.7 Å². The van der Waals surface area contributed by atoms with Crippen molar-refractivity contribution < 1.29 is 18.0 Å². The van der Waals surface area contributed by atoms with Gasteiger partial charge in [0.1, 0.15) is 12.6 Å². The van der Waals surface area contributed by atoms with Gasteiger partial charge in [0.05, 0.1) is 10.6 Å². The summed E-state index contributed by atoms with van der Waals surface area (Å²) in [5.74, 6) is -0.665. The smallest absolute Gasteiger partial charge is 0.264 e. The van der Waals surface area contributed by atoms with E-state index in [4.69, 9.17) is 11.6 Å². The molecule has 0 aliphatic rings. The van der Waals surface area contributed by atoms with Gasteiger partial charge in [-0.1, -0.05) is 110 Å². The highest BCUT2D eigenvalue weighted by Crippen LogP contribution is 2.28. The van der Waals surface area contributed by atoms with Crippen molar-refractivity contribution in [3.8, 4) is 0 Å². The number of amides is 2. The average molecular weight is 646 g/mol. The third kappa shape index (κ3) is 8.74. The van der Waals surface area contributed by atoms with Crippen LogP contribution in [0.3, 0.4) is 0 Å². The van der Waals surface area contributed by atoms with Crippen LogP contribution in [0.4, 0.5) is 5.69 Å². The molecule has 9 heteroatoms. The van der Waals surface area contributed by atoms with Crippen LogP contribution in [0.5, 0.6) is 0 Å². The molecule has 0 saturated heterocycles. The Labute approximate surface area is 271 Å². The van der Waals surface area contributed by atoms with Gasteiger partial charge in [0.15, 0.2) is 0 Å². The zero-order valence-corrected chi connectivity index (χ0v) is 27.7. The number of carbonyl (C=O) groups excluding carboxylic acids is 2. The van der Waals surface area contributed by atoms with Gasteiger partial charge in [0.2, 0.25) is 11.8 Å². The molecule has 1 atom stereocenters. The van der Waals surface area contributed by atoms with Crippen molar-refractivity contribution in [2.75, 3.05) is 17.4 Å². The Kier molecular flexibility index (Phi) is 11.4. The van der Waals surface area contributed by atoms with Gasteiger partial charge in [-0.25, -0.2) is 8.42 Å². The van der Waals surface area contributed by atoms with E-state index in [1.165, 1.54) is 4.90 Å². The topological polar surface area (TPSA) is 86.8 Å². The highest BCUT2D eigenvalue weighted by Gasteiger charge is 2.35. The Morgan fingerprint density at radius 2 is 1.44 bits per heavy atom. The summed E-state index contributed by atoms with van der Waals surface area (Å²) >= 11 is 6.56. The second-order valence-corrected chi connectivity index (χ2v) is 13.8. The minimum Gasteiger partial charge on any atom is -0.354 e. The predicted molar refractivity (Wildman–Crippen MR) is 181 cm³/mol. The van der Waals surface area contributed by atoms with E-state index in [2.05, 4.69) is 5.32 Å². The fraction of sp³-hybridized carbons (Fsp3) is 0.278. The summed E-state index contributed by atoms with van der Waals surface area (Å²) in [5.41, 5.74) is 3.49. The molecule has 0 bridgehead atoms. The van der Waals surface area contributed by atoms with Gasteiger partial charge < -0.3 is 10.2 Å². The fourth-order valence-corrected chi connectivity index (χ4v) is 6.65. The van der Waals surface area contributed by atoms with Gasteiger partial charge in [-0.05, 0) is 60.7 Å².